The van der Waals surface area contributed by atoms with Crippen molar-refractivity contribution in [1.29, 1.82) is 0 Å². The molecule has 2 aromatic carbocycles. The van der Waals surface area contributed by atoms with E-state index in [4.69, 9.17) is 0 Å². The van der Waals surface area contributed by atoms with E-state index in [-0.39, 0.29) is 5.91 Å². The van der Waals surface area contributed by atoms with Crippen molar-refractivity contribution in [3.63, 3.8) is 0 Å². The van der Waals surface area contributed by atoms with Crippen molar-refractivity contribution in [1.82, 2.24) is 4.90 Å². The SMILES string of the molecule is CC(C)N(C(=O)Cc1ccc2ccccc2c1)C1CC1. The zero-order valence-electron chi connectivity index (χ0n) is 12.2. The van der Waals surface area contributed by atoms with E-state index in [2.05, 4.69) is 49.1 Å². The summed E-state index contributed by atoms with van der Waals surface area (Å²) in [7, 11) is 0. The molecule has 0 aromatic heterocycles. The summed E-state index contributed by atoms with van der Waals surface area (Å²) in [6, 6.07) is 15.4. The van der Waals surface area contributed by atoms with Gasteiger partial charge in [-0.3, -0.25) is 4.79 Å². The van der Waals surface area contributed by atoms with Crippen molar-refractivity contribution < 1.29 is 4.79 Å². The lowest BCUT2D eigenvalue weighted by Crippen LogP contribution is -2.39. The van der Waals surface area contributed by atoms with Crippen molar-refractivity contribution in [2.75, 3.05) is 0 Å². The van der Waals surface area contributed by atoms with E-state index in [9.17, 15) is 4.79 Å². The van der Waals surface area contributed by atoms with E-state index in [0.29, 0.717) is 18.5 Å². The Bertz CT molecular complexity index is 626. The fourth-order valence-electron chi connectivity index (χ4n) is 2.88. The van der Waals surface area contributed by atoms with Gasteiger partial charge in [-0.1, -0.05) is 42.5 Å². The summed E-state index contributed by atoms with van der Waals surface area (Å²) < 4.78 is 0. The molecule has 0 N–H and O–H groups in total. The lowest BCUT2D eigenvalue weighted by atomic mass is 10.0. The van der Waals surface area contributed by atoms with Gasteiger partial charge in [0.1, 0.15) is 0 Å². The van der Waals surface area contributed by atoms with Crippen LogP contribution >= 0.6 is 0 Å². The highest BCUT2D eigenvalue weighted by molar-refractivity contribution is 5.85. The molecule has 1 amide bonds. The molecule has 2 aromatic rings. The van der Waals surface area contributed by atoms with Crippen LogP contribution in [0.5, 0.6) is 0 Å². The molecule has 0 atom stereocenters. The maximum Gasteiger partial charge on any atom is 0.227 e. The van der Waals surface area contributed by atoms with Crippen molar-refractivity contribution in [3.05, 3.63) is 48.0 Å². The molecule has 0 heterocycles. The van der Waals surface area contributed by atoms with Crippen LogP contribution < -0.4 is 0 Å². The van der Waals surface area contributed by atoms with Gasteiger partial charge in [-0.15, -0.1) is 0 Å². The van der Waals surface area contributed by atoms with Crippen molar-refractivity contribution in [2.24, 2.45) is 0 Å². The molecule has 0 saturated heterocycles. The summed E-state index contributed by atoms with van der Waals surface area (Å²) in [4.78, 5) is 14.6. The van der Waals surface area contributed by atoms with E-state index >= 15 is 0 Å². The largest absolute Gasteiger partial charge is 0.337 e. The molecule has 0 unspecified atom stereocenters. The number of hydrogen-bond donors (Lipinski definition) is 0. The summed E-state index contributed by atoms with van der Waals surface area (Å²) in [5.41, 5.74) is 1.11. The molecular formula is C18H21NO. The Morgan fingerprint density at radius 2 is 1.85 bits per heavy atom. The third-order valence-electron chi connectivity index (χ3n) is 3.95. The lowest BCUT2D eigenvalue weighted by molar-refractivity contribution is -0.132. The molecule has 104 valence electrons. The Morgan fingerprint density at radius 3 is 2.50 bits per heavy atom. The van der Waals surface area contributed by atoms with Crippen LogP contribution in [-0.4, -0.2) is 22.9 Å². The smallest absolute Gasteiger partial charge is 0.227 e. The molecule has 3 rings (SSSR count). The summed E-state index contributed by atoms with van der Waals surface area (Å²) in [5.74, 6) is 0.262. The van der Waals surface area contributed by atoms with Crippen LogP contribution in [0.3, 0.4) is 0 Å². The highest BCUT2D eigenvalue weighted by Crippen LogP contribution is 2.29. The zero-order chi connectivity index (χ0) is 14.1. The summed E-state index contributed by atoms with van der Waals surface area (Å²) >= 11 is 0. The first-order valence-corrected chi connectivity index (χ1v) is 7.44. The van der Waals surface area contributed by atoms with E-state index < -0.39 is 0 Å². The number of benzene rings is 2. The first-order valence-electron chi connectivity index (χ1n) is 7.44. The molecule has 0 radical (unpaired) electrons. The third-order valence-corrected chi connectivity index (χ3v) is 3.95. The first kappa shape index (κ1) is 13.2. The van der Waals surface area contributed by atoms with Crippen molar-refractivity contribution in [3.8, 4) is 0 Å². The molecule has 0 aliphatic heterocycles. The third kappa shape index (κ3) is 2.69. The number of hydrogen-bond acceptors (Lipinski definition) is 1. The molecule has 1 aliphatic rings. The molecule has 1 fully saturated rings. The summed E-state index contributed by atoms with van der Waals surface area (Å²) in [5, 5.41) is 2.44. The highest BCUT2D eigenvalue weighted by atomic mass is 16.2. The number of nitrogens with zero attached hydrogens (tertiary/aromatic N) is 1. The number of carbonyl (C=O) groups excluding carboxylic acids is 1. The minimum absolute atomic E-state index is 0.262. The van der Waals surface area contributed by atoms with Crippen LogP contribution in [0.15, 0.2) is 42.5 Å². The average molecular weight is 267 g/mol. The molecule has 20 heavy (non-hydrogen) atoms. The predicted octanol–water partition coefficient (Wildman–Crippen LogP) is 3.78. The molecule has 0 spiro atoms. The standard InChI is InChI=1S/C18H21NO/c1-13(2)19(17-9-10-17)18(20)12-14-7-8-15-5-3-4-6-16(15)11-14/h3-8,11,13,17H,9-10,12H2,1-2H3. The minimum Gasteiger partial charge on any atom is -0.337 e. The molecular weight excluding hydrogens is 246 g/mol. The lowest BCUT2D eigenvalue weighted by Gasteiger charge is -2.26. The van der Waals surface area contributed by atoms with Gasteiger partial charge in [0.25, 0.3) is 0 Å². The van der Waals surface area contributed by atoms with E-state index in [1.807, 2.05) is 12.1 Å². The quantitative estimate of drug-likeness (QED) is 0.825. The van der Waals surface area contributed by atoms with Gasteiger partial charge in [0.15, 0.2) is 0 Å². The Hall–Kier alpha value is -1.83. The van der Waals surface area contributed by atoms with Gasteiger partial charge in [-0.25, -0.2) is 0 Å². The normalized spacial score (nSPS) is 14.8. The second-order valence-corrected chi connectivity index (χ2v) is 5.98. The predicted molar refractivity (Wildman–Crippen MR) is 82.7 cm³/mol. The average Bonchev–Trinajstić information content (AvgIpc) is 3.23. The van der Waals surface area contributed by atoms with Gasteiger partial charge in [-0.2, -0.15) is 0 Å². The van der Waals surface area contributed by atoms with Crippen LogP contribution in [-0.2, 0) is 11.2 Å². The molecule has 2 nitrogen and oxygen atoms in total. The van der Waals surface area contributed by atoms with E-state index in [0.717, 1.165) is 5.56 Å². The van der Waals surface area contributed by atoms with Gasteiger partial charge in [-0.05, 0) is 43.0 Å². The highest BCUT2D eigenvalue weighted by Gasteiger charge is 2.33. The van der Waals surface area contributed by atoms with Crippen molar-refractivity contribution in [2.45, 2.75) is 45.2 Å². The number of fused-ring (bicyclic) bond motifs is 1. The molecule has 0 bridgehead atoms. The number of amides is 1. The first-order chi connectivity index (χ1) is 9.65. The summed E-state index contributed by atoms with van der Waals surface area (Å²) in [6.07, 6.45) is 2.85. The number of carbonyl (C=O) groups is 1. The van der Waals surface area contributed by atoms with E-state index in [1.54, 1.807) is 0 Å². The number of rotatable bonds is 4. The monoisotopic (exact) mass is 267 g/mol. The fourth-order valence-corrected chi connectivity index (χ4v) is 2.88. The van der Waals surface area contributed by atoms with Gasteiger partial charge >= 0.3 is 0 Å². The molecule has 1 aliphatic carbocycles. The fraction of sp³-hybridized carbons (Fsp3) is 0.389. The molecule has 2 heteroatoms. The van der Waals surface area contributed by atoms with Crippen LogP contribution in [0.1, 0.15) is 32.3 Å². The topological polar surface area (TPSA) is 20.3 Å². The van der Waals surface area contributed by atoms with Crippen LogP contribution in [0, 0.1) is 0 Å². The van der Waals surface area contributed by atoms with Gasteiger partial charge in [0, 0.05) is 12.1 Å². The van der Waals surface area contributed by atoms with Gasteiger partial charge < -0.3 is 4.90 Å². The summed E-state index contributed by atoms with van der Waals surface area (Å²) in [6.45, 7) is 4.22. The van der Waals surface area contributed by atoms with Crippen LogP contribution in [0.4, 0.5) is 0 Å². The second-order valence-electron chi connectivity index (χ2n) is 5.98. The zero-order valence-corrected chi connectivity index (χ0v) is 12.2. The van der Waals surface area contributed by atoms with E-state index in [1.165, 1.54) is 23.6 Å². The van der Waals surface area contributed by atoms with Gasteiger partial charge in [0.2, 0.25) is 5.91 Å². The van der Waals surface area contributed by atoms with Gasteiger partial charge in [0.05, 0.1) is 6.42 Å². The molecule has 1 saturated carbocycles. The Balaban J connectivity index is 1.79. The Kier molecular flexibility index (Phi) is 3.47. The minimum atomic E-state index is 0.262. The maximum atomic E-state index is 12.5. The van der Waals surface area contributed by atoms with Crippen LogP contribution in [0.25, 0.3) is 10.8 Å². The maximum absolute atomic E-state index is 12.5. The van der Waals surface area contributed by atoms with Crippen molar-refractivity contribution >= 4 is 16.7 Å². The second kappa shape index (κ2) is 5.28. The Morgan fingerprint density at radius 1 is 1.15 bits per heavy atom. The Labute approximate surface area is 120 Å². The van der Waals surface area contributed by atoms with Crippen LogP contribution in [0.2, 0.25) is 0 Å².